The molecule has 0 rings (SSSR count). The summed E-state index contributed by atoms with van der Waals surface area (Å²) in [7, 11) is -9.89. The number of esters is 4. The fourth-order valence-electron chi connectivity index (χ4n) is 11.1. The number of ether oxygens (including phenoxy) is 4. The lowest BCUT2D eigenvalue weighted by Crippen LogP contribution is -2.30. The molecule has 0 amide bonds. The number of hydrogen-bond acceptors (Lipinski definition) is 15. The maximum atomic E-state index is 13.1. The first-order valence-corrected chi connectivity index (χ1v) is 41.0. The van der Waals surface area contributed by atoms with Crippen molar-refractivity contribution in [2.45, 2.75) is 394 Å². The molecule has 0 aliphatic carbocycles. The van der Waals surface area contributed by atoms with E-state index in [0.717, 1.165) is 121 Å². The van der Waals surface area contributed by atoms with Crippen molar-refractivity contribution in [2.75, 3.05) is 39.6 Å². The van der Waals surface area contributed by atoms with Crippen molar-refractivity contribution in [3.63, 3.8) is 0 Å². The largest absolute Gasteiger partial charge is 0.472 e. The van der Waals surface area contributed by atoms with Gasteiger partial charge >= 0.3 is 39.5 Å². The Morgan fingerprint density at radius 2 is 0.554 bits per heavy atom. The minimum absolute atomic E-state index is 0.103. The van der Waals surface area contributed by atoms with E-state index in [-0.39, 0.29) is 25.7 Å². The third kappa shape index (κ3) is 65.4. The Balaban J connectivity index is 5.07. The second kappa shape index (κ2) is 65.0. The second-order valence-corrected chi connectivity index (χ2v) is 30.0. The highest BCUT2D eigenvalue weighted by molar-refractivity contribution is 7.47. The number of hydrogen-bond donors (Lipinski definition) is 3. The third-order valence-electron chi connectivity index (χ3n) is 17.3. The van der Waals surface area contributed by atoms with Crippen LogP contribution in [0.5, 0.6) is 0 Å². The molecule has 0 heterocycles. The van der Waals surface area contributed by atoms with Crippen LogP contribution in [0.4, 0.5) is 0 Å². The van der Waals surface area contributed by atoms with Crippen LogP contribution in [0.15, 0.2) is 0 Å². The molecule has 0 radical (unpaired) electrons. The van der Waals surface area contributed by atoms with Crippen molar-refractivity contribution >= 4 is 39.5 Å². The fraction of sp³-hybridized carbons (Fsp3) is 0.945. The molecule has 3 N–H and O–H groups in total. The average Bonchev–Trinajstić information content (AvgIpc) is 1.70. The number of rotatable bonds is 72. The van der Waals surface area contributed by atoms with Crippen LogP contribution < -0.4 is 0 Å². The fourth-order valence-corrected chi connectivity index (χ4v) is 12.7. The predicted octanol–water partition coefficient (Wildman–Crippen LogP) is 21.2. The van der Waals surface area contributed by atoms with E-state index < -0.39 is 97.5 Å². The lowest BCUT2D eigenvalue weighted by molar-refractivity contribution is -0.161. The molecule has 92 heavy (non-hydrogen) atoms. The number of unbranched alkanes of at least 4 members (excludes halogenated alkanes) is 41. The van der Waals surface area contributed by atoms with Gasteiger partial charge in [0.1, 0.15) is 19.3 Å². The molecule has 0 saturated heterocycles. The van der Waals surface area contributed by atoms with Crippen LogP contribution in [0.2, 0.25) is 0 Å². The summed E-state index contributed by atoms with van der Waals surface area (Å²) in [4.78, 5) is 72.2. The summed E-state index contributed by atoms with van der Waals surface area (Å²) in [6.07, 6.45) is 52.1. The third-order valence-corrected chi connectivity index (χ3v) is 19.2. The van der Waals surface area contributed by atoms with Crippen LogP contribution in [0.3, 0.4) is 0 Å². The maximum Gasteiger partial charge on any atom is 0.472 e. The van der Waals surface area contributed by atoms with E-state index in [4.69, 9.17) is 37.0 Å². The van der Waals surface area contributed by atoms with Crippen LogP contribution in [0.25, 0.3) is 0 Å². The van der Waals surface area contributed by atoms with Gasteiger partial charge in [-0.1, -0.05) is 324 Å². The summed E-state index contributed by atoms with van der Waals surface area (Å²) in [5, 5.41) is 10.5. The summed E-state index contributed by atoms with van der Waals surface area (Å²) in [5.41, 5.74) is 0. The van der Waals surface area contributed by atoms with E-state index in [1.807, 2.05) is 0 Å². The highest BCUT2D eigenvalue weighted by atomic mass is 31.2. The van der Waals surface area contributed by atoms with Gasteiger partial charge in [-0.25, -0.2) is 9.13 Å². The van der Waals surface area contributed by atoms with Gasteiger partial charge in [0, 0.05) is 25.7 Å². The molecule has 0 aromatic carbocycles. The first kappa shape index (κ1) is 90.1. The Labute approximate surface area is 562 Å². The van der Waals surface area contributed by atoms with Crippen molar-refractivity contribution in [3.8, 4) is 0 Å². The quantitative estimate of drug-likeness (QED) is 0.0222. The Kier molecular flexibility index (Phi) is 63.7. The number of carbonyl (C=O) groups is 4. The van der Waals surface area contributed by atoms with E-state index in [1.165, 1.54) is 173 Å². The topological polar surface area (TPSA) is 237 Å². The summed E-state index contributed by atoms with van der Waals surface area (Å²) < 4.78 is 68.0. The van der Waals surface area contributed by atoms with E-state index in [0.29, 0.717) is 25.7 Å². The van der Waals surface area contributed by atoms with Crippen molar-refractivity contribution in [2.24, 2.45) is 11.8 Å². The summed E-state index contributed by atoms with van der Waals surface area (Å²) in [5.74, 6) is -0.460. The molecular weight excluding hydrogens is 1210 g/mol. The molecule has 0 aromatic rings. The maximum absolute atomic E-state index is 13.1. The van der Waals surface area contributed by atoms with E-state index >= 15 is 0 Å². The van der Waals surface area contributed by atoms with Gasteiger partial charge in [-0.2, -0.15) is 0 Å². The van der Waals surface area contributed by atoms with E-state index in [2.05, 4.69) is 41.5 Å². The number of aliphatic hydroxyl groups is 1. The predicted molar refractivity (Wildman–Crippen MR) is 372 cm³/mol. The monoisotopic (exact) mass is 1350 g/mol. The zero-order valence-electron chi connectivity index (χ0n) is 59.9. The lowest BCUT2D eigenvalue weighted by atomic mass is 9.99. The molecule has 6 atom stereocenters. The molecule has 3 unspecified atom stereocenters. The molecule has 546 valence electrons. The summed E-state index contributed by atoms with van der Waals surface area (Å²) in [6, 6.07) is 0. The molecule has 17 nitrogen and oxygen atoms in total. The standard InChI is InChI=1S/C73H142O17P2/c1-7-10-12-14-36-45-51-57-72(77)89-68(61-83-70(75)55-49-41-13-11-8-2)63-87-91(79,80)85-59-67(74)60-86-92(81,82)88-64-69(62-84-71(76)56-50-44-39-34-30-26-23-19-20-24-28-32-37-42-47-53-65(4)5)90-73(78)58-52-46-40-35-31-27-22-18-16-15-17-21-25-29-33-38-43-48-54-66(6)9-3/h65-69,74H,7-64H2,1-6H3,(H,79,80)(H,81,82)/t66?,67-,68+,69+/m0/s1. The minimum Gasteiger partial charge on any atom is -0.462 e. The van der Waals surface area contributed by atoms with Crippen LogP contribution >= 0.6 is 15.6 Å². The molecule has 0 saturated carbocycles. The average molecular weight is 1350 g/mol. The van der Waals surface area contributed by atoms with Crippen LogP contribution in [0, 0.1) is 11.8 Å². The van der Waals surface area contributed by atoms with E-state index in [1.54, 1.807) is 0 Å². The molecule has 0 aliphatic rings. The number of phosphoric acid groups is 2. The number of aliphatic hydroxyl groups excluding tert-OH is 1. The molecule has 19 heteroatoms. The van der Waals surface area contributed by atoms with Gasteiger partial charge in [0.25, 0.3) is 0 Å². The van der Waals surface area contributed by atoms with Gasteiger partial charge in [-0.15, -0.1) is 0 Å². The second-order valence-electron chi connectivity index (χ2n) is 27.1. The Hall–Kier alpha value is -1.94. The Bertz CT molecular complexity index is 1790. The zero-order valence-corrected chi connectivity index (χ0v) is 61.6. The summed E-state index contributed by atoms with van der Waals surface area (Å²) >= 11 is 0. The smallest absolute Gasteiger partial charge is 0.462 e. The van der Waals surface area contributed by atoms with E-state index in [9.17, 15) is 43.2 Å². The Morgan fingerprint density at radius 1 is 0.315 bits per heavy atom. The minimum atomic E-state index is -4.95. The van der Waals surface area contributed by atoms with Gasteiger partial charge in [0.05, 0.1) is 26.4 Å². The molecule has 0 aliphatic heterocycles. The van der Waals surface area contributed by atoms with Crippen molar-refractivity contribution in [3.05, 3.63) is 0 Å². The van der Waals surface area contributed by atoms with Crippen LogP contribution in [-0.4, -0.2) is 96.7 Å². The number of phosphoric ester groups is 2. The van der Waals surface area contributed by atoms with Gasteiger partial charge < -0.3 is 33.8 Å². The SMILES string of the molecule is CCCCCCCCCC(=O)O[C@H](COC(=O)CCCCCCC)COP(=O)(O)OC[C@H](O)COP(=O)(O)OC[C@@H](COC(=O)CCCCCCCCCCCCCCCCCC(C)C)OC(=O)CCCCCCCCCCCCCCCCCCCCC(C)CC. The first-order valence-electron chi connectivity index (χ1n) is 38.0. The number of carbonyl (C=O) groups excluding carboxylic acids is 4. The Morgan fingerprint density at radius 3 is 0.826 bits per heavy atom. The van der Waals surface area contributed by atoms with Gasteiger partial charge in [0.2, 0.25) is 0 Å². The zero-order chi connectivity index (χ0) is 67.9. The molecular formula is C73H142O17P2. The lowest BCUT2D eigenvalue weighted by Gasteiger charge is -2.21. The highest BCUT2D eigenvalue weighted by Crippen LogP contribution is 2.45. The molecule has 0 bridgehead atoms. The van der Waals surface area contributed by atoms with Crippen molar-refractivity contribution in [1.82, 2.24) is 0 Å². The van der Waals surface area contributed by atoms with Crippen molar-refractivity contribution in [1.29, 1.82) is 0 Å². The van der Waals surface area contributed by atoms with Crippen molar-refractivity contribution < 1.29 is 80.2 Å². The first-order chi connectivity index (χ1) is 44.4. The molecule has 0 spiro atoms. The van der Waals surface area contributed by atoms with Crippen LogP contribution in [-0.2, 0) is 65.4 Å². The molecule has 0 aromatic heterocycles. The van der Waals surface area contributed by atoms with Gasteiger partial charge in [-0.05, 0) is 37.5 Å². The molecule has 0 fully saturated rings. The normalized spacial score (nSPS) is 14.4. The summed E-state index contributed by atoms with van der Waals surface area (Å²) in [6.45, 7) is 9.53. The van der Waals surface area contributed by atoms with Gasteiger partial charge in [0.15, 0.2) is 12.2 Å². The highest BCUT2D eigenvalue weighted by Gasteiger charge is 2.30. The van der Waals surface area contributed by atoms with Crippen LogP contribution in [0.1, 0.15) is 375 Å². The van der Waals surface area contributed by atoms with Gasteiger partial charge in [-0.3, -0.25) is 37.3 Å².